The number of methoxy groups -OCH3 is 1. The highest BCUT2D eigenvalue weighted by Crippen LogP contribution is 2.66. The Morgan fingerprint density at radius 1 is 0.743 bits per heavy atom. The predicted octanol–water partition coefficient (Wildman–Crippen LogP) is 9.17. The number of rotatable bonds is 11. The molecule has 6 atom stereocenters. The number of esters is 1. The number of carbonyl (C=O) groups is 4. The number of amides is 3. The molecule has 0 saturated carbocycles. The lowest BCUT2D eigenvalue weighted by Gasteiger charge is -2.46. The molecule has 15 nitrogen and oxygen atoms in total. The van der Waals surface area contributed by atoms with Gasteiger partial charge in [-0.15, -0.1) is 0 Å². The van der Waals surface area contributed by atoms with Crippen LogP contribution in [0.15, 0.2) is 152 Å². The first-order valence-corrected chi connectivity index (χ1v) is 24.9. The third-order valence-corrected chi connectivity index (χ3v) is 14.6. The van der Waals surface area contributed by atoms with E-state index in [0.717, 1.165) is 29.7 Å². The van der Waals surface area contributed by atoms with Gasteiger partial charge in [0.1, 0.15) is 42.3 Å². The van der Waals surface area contributed by atoms with Crippen LogP contribution in [-0.4, -0.2) is 83.2 Å². The van der Waals surface area contributed by atoms with Crippen LogP contribution >= 0.6 is 0 Å². The second-order valence-electron chi connectivity index (χ2n) is 18.8. The van der Waals surface area contributed by atoms with Gasteiger partial charge in [0.05, 0.1) is 42.3 Å². The van der Waals surface area contributed by atoms with Gasteiger partial charge in [0.25, 0.3) is 5.69 Å². The first-order valence-electron chi connectivity index (χ1n) is 24.9. The average Bonchev–Trinajstić information content (AvgIpc) is 3.88. The fourth-order valence-electron chi connectivity index (χ4n) is 11.3. The lowest BCUT2D eigenvalue weighted by Crippen LogP contribution is -2.56. The zero-order valence-corrected chi connectivity index (χ0v) is 40.7. The molecule has 0 aromatic heterocycles. The Hall–Kier alpha value is -8.32. The normalized spacial score (nSPS) is 22.3. The molecule has 3 fully saturated rings. The maximum Gasteiger partial charge on any atom is 0.421 e. The van der Waals surface area contributed by atoms with Gasteiger partial charge in [-0.3, -0.25) is 29.4 Å². The first-order chi connectivity index (χ1) is 36.1. The number of hydrogen-bond acceptors (Lipinski definition) is 12. The van der Waals surface area contributed by atoms with Crippen molar-refractivity contribution in [3.05, 3.63) is 201 Å². The number of aliphatic hydroxyl groups excluding tert-OH is 1. The molecule has 376 valence electrons. The molecule has 0 unspecified atom stereocenters. The second-order valence-corrected chi connectivity index (χ2v) is 18.8. The molecule has 0 bridgehead atoms. The summed E-state index contributed by atoms with van der Waals surface area (Å²) in [5.41, 5.74) is 1.79. The van der Waals surface area contributed by atoms with Crippen LogP contribution in [0.4, 0.5) is 16.2 Å². The van der Waals surface area contributed by atoms with Crippen LogP contribution in [0.3, 0.4) is 0 Å². The fourth-order valence-corrected chi connectivity index (χ4v) is 11.3. The van der Waals surface area contributed by atoms with Gasteiger partial charge in [-0.1, -0.05) is 104 Å². The molecule has 3 amide bonds. The van der Waals surface area contributed by atoms with E-state index in [4.69, 9.17) is 18.9 Å². The van der Waals surface area contributed by atoms with E-state index >= 15 is 19.2 Å². The third kappa shape index (κ3) is 9.23. The minimum atomic E-state index is -2.05. The Bertz CT molecular complexity index is 3100. The number of morpholine rings is 1. The number of cyclic esters (lactones) is 1. The number of ether oxygens (including phenoxy) is 4. The Balaban J connectivity index is 1.23. The molecule has 1 N–H and O–H groups in total. The summed E-state index contributed by atoms with van der Waals surface area (Å²) in [6.07, 6.45) is 2.25. The van der Waals surface area contributed by atoms with Gasteiger partial charge >= 0.3 is 12.1 Å². The number of aliphatic hydroxyl groups is 1. The zero-order chi connectivity index (χ0) is 51.3. The van der Waals surface area contributed by atoms with Gasteiger partial charge in [0, 0.05) is 36.3 Å². The molecule has 4 aliphatic heterocycles. The summed E-state index contributed by atoms with van der Waals surface area (Å²) < 4.78 is 23.8. The van der Waals surface area contributed by atoms with Crippen molar-refractivity contribution in [1.82, 2.24) is 9.80 Å². The number of likely N-dealkylation sites (tertiary alicyclic amines) is 1. The van der Waals surface area contributed by atoms with Crippen LogP contribution in [0, 0.1) is 27.9 Å². The van der Waals surface area contributed by atoms with Crippen molar-refractivity contribution >= 4 is 35.3 Å². The molecule has 6 aromatic rings. The number of imide groups is 1. The van der Waals surface area contributed by atoms with E-state index in [-0.39, 0.29) is 36.8 Å². The Morgan fingerprint density at radius 2 is 1.36 bits per heavy atom. The lowest BCUT2D eigenvalue weighted by atomic mass is 9.64. The van der Waals surface area contributed by atoms with E-state index in [9.17, 15) is 15.2 Å². The summed E-state index contributed by atoms with van der Waals surface area (Å²) in [5.74, 6) is 4.19. The molecular weight excluding hydrogens is 941 g/mol. The number of benzene rings is 6. The molecular formula is C59H54N4O11. The van der Waals surface area contributed by atoms with E-state index in [1.165, 1.54) is 24.3 Å². The van der Waals surface area contributed by atoms with E-state index < -0.39 is 64.4 Å². The van der Waals surface area contributed by atoms with E-state index in [1.54, 1.807) is 66.6 Å². The highest BCUT2D eigenvalue weighted by molar-refractivity contribution is 6.23. The number of nitro benzene ring substituents is 1. The quantitative estimate of drug-likeness (QED) is 0.0564. The van der Waals surface area contributed by atoms with Crippen LogP contribution in [-0.2, 0) is 35.9 Å². The standard InChI is InChI=1S/C59H54N4O11/c1-71-46-28-21-39(22-29-46)17-18-40-23-32-49-48(37-40)59(57(67)61(49)58(68)73-38-41-19-26-45(27-20-41)63(69)70)50(55(65)60-33-11-3-2-4-12-34-60)52-56(66)74-53(43-15-9-6-10-16-43)51(42-13-7-5-8-14-42)62(52)54(59)44-24-30-47(31-25-44)72-36-35-64/h5-10,13-16,19-32,37,50-54,64H,2-4,11-12,33-36,38H2,1H3/t50-,51-,52-,53+,54+,59-/m1/s1. The summed E-state index contributed by atoms with van der Waals surface area (Å²) >= 11 is 0. The predicted molar refractivity (Wildman–Crippen MR) is 273 cm³/mol. The smallest absolute Gasteiger partial charge is 0.421 e. The summed E-state index contributed by atoms with van der Waals surface area (Å²) in [5, 5.41) is 21.1. The van der Waals surface area contributed by atoms with Gasteiger partial charge < -0.3 is 29.0 Å². The Labute approximate surface area is 428 Å². The van der Waals surface area contributed by atoms with Crippen molar-refractivity contribution in [1.29, 1.82) is 0 Å². The van der Waals surface area contributed by atoms with Crippen LogP contribution in [0.25, 0.3) is 0 Å². The molecule has 1 spiro atoms. The van der Waals surface area contributed by atoms with Crippen molar-refractivity contribution in [3.8, 4) is 23.3 Å². The van der Waals surface area contributed by atoms with E-state index in [2.05, 4.69) is 11.8 Å². The van der Waals surface area contributed by atoms with Gasteiger partial charge in [-0.25, -0.2) is 9.69 Å². The summed E-state index contributed by atoms with van der Waals surface area (Å²) in [7, 11) is 1.58. The topological polar surface area (TPSA) is 178 Å². The van der Waals surface area contributed by atoms with Crippen molar-refractivity contribution in [2.75, 3.05) is 38.3 Å². The van der Waals surface area contributed by atoms with Crippen molar-refractivity contribution in [2.24, 2.45) is 5.92 Å². The second kappa shape index (κ2) is 21.4. The molecule has 6 aromatic carbocycles. The van der Waals surface area contributed by atoms with Crippen LogP contribution in [0.2, 0.25) is 0 Å². The summed E-state index contributed by atoms with van der Waals surface area (Å²) in [4.78, 5) is 79.4. The van der Waals surface area contributed by atoms with Gasteiger partial charge in [0.15, 0.2) is 0 Å². The number of fused-ring (bicyclic) bond motifs is 3. The first kappa shape index (κ1) is 49.3. The maximum absolute atomic E-state index is 16.8. The highest BCUT2D eigenvalue weighted by atomic mass is 16.6. The van der Waals surface area contributed by atoms with Crippen LogP contribution in [0.1, 0.15) is 89.2 Å². The molecule has 3 saturated heterocycles. The number of carbonyl (C=O) groups excluding carboxylic acids is 4. The van der Waals surface area contributed by atoms with Crippen LogP contribution < -0.4 is 14.4 Å². The fraction of sp³-hybridized carbons (Fsp3) is 0.288. The minimum Gasteiger partial charge on any atom is -0.497 e. The molecule has 15 heteroatoms. The lowest BCUT2D eigenvalue weighted by molar-refractivity contribution is -0.384. The Kier molecular flexibility index (Phi) is 14.3. The highest BCUT2D eigenvalue weighted by Gasteiger charge is 2.76. The van der Waals surface area contributed by atoms with E-state index in [0.29, 0.717) is 65.2 Å². The largest absolute Gasteiger partial charge is 0.497 e. The number of anilines is 1. The van der Waals surface area contributed by atoms with E-state index in [1.807, 2.05) is 77.7 Å². The van der Waals surface area contributed by atoms with Crippen molar-refractivity contribution in [2.45, 2.75) is 68.4 Å². The molecule has 0 radical (unpaired) electrons. The number of hydrogen-bond donors (Lipinski definition) is 1. The molecule has 0 aliphatic carbocycles. The van der Waals surface area contributed by atoms with Gasteiger partial charge in [-0.05, 0) is 107 Å². The van der Waals surface area contributed by atoms with Gasteiger partial charge in [-0.2, -0.15) is 0 Å². The third-order valence-electron chi connectivity index (χ3n) is 14.6. The Morgan fingerprint density at radius 3 is 2.01 bits per heavy atom. The molecule has 74 heavy (non-hydrogen) atoms. The SMILES string of the molecule is COc1ccc(C#Cc2ccc3c(c2)[C@]2(C(=O)N3C(=O)OCc3ccc([N+](=O)[O-])cc3)[C@H](c3ccc(OCCO)cc3)N3[C@H](c4ccccc4)[C@H](c4ccccc4)OC(=O)[C@H]3[C@@H]2C(=O)N2CCCCCCC2)cc1. The van der Waals surface area contributed by atoms with Crippen molar-refractivity contribution < 1.29 is 48.2 Å². The minimum absolute atomic E-state index is 0.0249. The summed E-state index contributed by atoms with van der Waals surface area (Å²) in [6, 6.07) is 40.5. The average molecular weight is 995 g/mol. The molecule has 10 rings (SSSR count). The zero-order valence-electron chi connectivity index (χ0n) is 40.7. The van der Waals surface area contributed by atoms with Gasteiger partial charge in [0.2, 0.25) is 11.8 Å². The summed E-state index contributed by atoms with van der Waals surface area (Å²) in [6.45, 7) is 0.226. The maximum atomic E-state index is 16.8. The molecule has 4 heterocycles. The van der Waals surface area contributed by atoms with Crippen LogP contribution in [0.5, 0.6) is 11.5 Å². The molecule has 4 aliphatic rings. The number of non-ortho nitro benzene ring substituents is 1. The number of nitro groups is 1. The monoisotopic (exact) mass is 994 g/mol. The van der Waals surface area contributed by atoms with Crippen molar-refractivity contribution in [3.63, 3.8) is 0 Å². The number of nitrogens with zero attached hydrogens (tertiary/aromatic N) is 4.